The van der Waals surface area contributed by atoms with Crippen LogP contribution in [0.25, 0.3) is 11.1 Å². The molecule has 0 amide bonds. The van der Waals surface area contributed by atoms with Crippen molar-refractivity contribution in [1.29, 1.82) is 0 Å². The van der Waals surface area contributed by atoms with Crippen LogP contribution in [0.1, 0.15) is 57.2 Å². The predicted molar refractivity (Wildman–Crippen MR) is 122 cm³/mol. The molecule has 2 aromatic rings. The van der Waals surface area contributed by atoms with Crippen LogP contribution >= 0.6 is 12.4 Å². The second-order valence-corrected chi connectivity index (χ2v) is 6.70. The molecule has 2 aromatic carbocycles. The maximum absolute atomic E-state index is 10.3. The van der Waals surface area contributed by atoms with Crippen LogP contribution in [0.3, 0.4) is 0 Å². The zero-order chi connectivity index (χ0) is 19.8. The van der Waals surface area contributed by atoms with Crippen LogP contribution in [0.5, 0.6) is 11.5 Å². The van der Waals surface area contributed by atoms with Gasteiger partial charge in [0.25, 0.3) is 0 Å². The molecule has 0 aromatic heterocycles. The van der Waals surface area contributed by atoms with Gasteiger partial charge in [-0.2, -0.15) is 0 Å². The smallest absolute Gasteiger partial charge is 0.120 e. The van der Waals surface area contributed by atoms with Crippen molar-refractivity contribution in [2.24, 2.45) is 0 Å². The largest absolute Gasteiger partial charge is 0.508 e. The molecule has 0 spiro atoms. The summed E-state index contributed by atoms with van der Waals surface area (Å²) in [7, 11) is 1.69. The highest BCUT2D eigenvalue weighted by Crippen LogP contribution is 2.34. The molecule has 0 unspecified atom stereocenters. The van der Waals surface area contributed by atoms with Crippen molar-refractivity contribution in [2.75, 3.05) is 20.2 Å². The summed E-state index contributed by atoms with van der Waals surface area (Å²) in [6, 6.07) is 14.3. The van der Waals surface area contributed by atoms with E-state index in [1.54, 1.807) is 7.11 Å². The highest BCUT2D eigenvalue weighted by Gasteiger charge is 2.13. The van der Waals surface area contributed by atoms with Gasteiger partial charge in [0.15, 0.2) is 0 Å². The molecule has 0 heterocycles. The molecular formula is C24H34ClNO2. The molecule has 154 valence electrons. The van der Waals surface area contributed by atoms with E-state index >= 15 is 0 Å². The Kier molecular flexibility index (Phi) is 10.1. The fourth-order valence-electron chi connectivity index (χ4n) is 3.56. The van der Waals surface area contributed by atoms with Crippen molar-refractivity contribution in [2.45, 2.75) is 47.1 Å². The highest BCUT2D eigenvalue weighted by molar-refractivity contribution is 5.91. The van der Waals surface area contributed by atoms with E-state index in [1.165, 1.54) is 22.3 Å². The van der Waals surface area contributed by atoms with Crippen LogP contribution in [-0.2, 0) is 6.54 Å². The Morgan fingerprint density at radius 1 is 0.857 bits per heavy atom. The minimum Gasteiger partial charge on any atom is -0.508 e. The lowest BCUT2D eigenvalue weighted by atomic mass is 9.90. The van der Waals surface area contributed by atoms with E-state index in [4.69, 9.17) is 4.74 Å². The quantitative estimate of drug-likeness (QED) is 0.492. The first-order chi connectivity index (χ1) is 13.1. The number of benzene rings is 2. The van der Waals surface area contributed by atoms with E-state index in [0.717, 1.165) is 43.8 Å². The average molecular weight is 404 g/mol. The number of aromatic hydroxyl groups is 1. The normalized spacial score (nSPS) is 11.8. The van der Waals surface area contributed by atoms with E-state index in [-0.39, 0.29) is 12.4 Å². The number of hydrogen-bond donors (Lipinski definition) is 1. The van der Waals surface area contributed by atoms with Gasteiger partial charge in [0.05, 0.1) is 7.11 Å². The van der Waals surface area contributed by atoms with E-state index in [9.17, 15) is 5.11 Å². The monoisotopic (exact) mass is 403 g/mol. The minimum atomic E-state index is 0. The molecule has 3 nitrogen and oxygen atoms in total. The van der Waals surface area contributed by atoms with Crippen molar-refractivity contribution in [3.05, 3.63) is 59.2 Å². The lowest BCUT2D eigenvalue weighted by Crippen LogP contribution is -2.22. The van der Waals surface area contributed by atoms with Crippen molar-refractivity contribution in [1.82, 2.24) is 4.90 Å². The SMILES string of the molecule is CC/C(=C(\CC)c1ccc(O)c(CN(CC)CC)c1)c1ccc(OC)cc1.Cl. The van der Waals surface area contributed by atoms with E-state index < -0.39 is 0 Å². The number of phenolic OH excluding ortho intramolecular Hbond substituents is 1. The lowest BCUT2D eigenvalue weighted by molar-refractivity contribution is 0.291. The summed E-state index contributed by atoms with van der Waals surface area (Å²) in [6.45, 7) is 11.4. The van der Waals surface area contributed by atoms with E-state index in [1.807, 2.05) is 24.3 Å². The summed E-state index contributed by atoms with van der Waals surface area (Å²) < 4.78 is 5.29. The molecule has 0 bridgehead atoms. The van der Waals surface area contributed by atoms with Gasteiger partial charge >= 0.3 is 0 Å². The Morgan fingerprint density at radius 3 is 1.89 bits per heavy atom. The van der Waals surface area contributed by atoms with Crippen molar-refractivity contribution < 1.29 is 9.84 Å². The van der Waals surface area contributed by atoms with Gasteiger partial charge in [0, 0.05) is 12.1 Å². The van der Waals surface area contributed by atoms with Gasteiger partial charge in [-0.25, -0.2) is 0 Å². The standard InChI is InChI=1S/C24H33NO2.ClH/c1-6-22(18-10-13-21(27-5)14-11-18)23(7-2)19-12-15-24(26)20(16-19)17-25(8-3)9-4;/h10-16,26H,6-9,17H2,1-5H3;1H/b23-22-;. The van der Waals surface area contributed by atoms with Crippen LogP contribution in [0.15, 0.2) is 42.5 Å². The molecule has 0 fully saturated rings. The van der Waals surface area contributed by atoms with Gasteiger partial charge in [0.2, 0.25) is 0 Å². The molecule has 2 rings (SSSR count). The second-order valence-electron chi connectivity index (χ2n) is 6.70. The maximum Gasteiger partial charge on any atom is 0.120 e. The van der Waals surface area contributed by atoms with Crippen LogP contribution in [-0.4, -0.2) is 30.2 Å². The molecule has 0 aliphatic carbocycles. The fraction of sp³-hybridized carbons (Fsp3) is 0.417. The summed E-state index contributed by atoms with van der Waals surface area (Å²) in [5, 5.41) is 10.3. The van der Waals surface area contributed by atoms with Crippen LogP contribution in [0.2, 0.25) is 0 Å². The van der Waals surface area contributed by atoms with E-state index in [0.29, 0.717) is 5.75 Å². The average Bonchev–Trinajstić information content (AvgIpc) is 2.71. The van der Waals surface area contributed by atoms with Crippen molar-refractivity contribution >= 4 is 23.6 Å². The summed E-state index contributed by atoms with van der Waals surface area (Å²) in [5.41, 5.74) is 6.11. The fourth-order valence-corrected chi connectivity index (χ4v) is 3.56. The third-order valence-corrected chi connectivity index (χ3v) is 5.23. The number of rotatable bonds is 9. The number of hydrogen-bond acceptors (Lipinski definition) is 3. The molecule has 0 radical (unpaired) electrons. The van der Waals surface area contributed by atoms with Gasteiger partial charge in [-0.3, -0.25) is 4.90 Å². The molecule has 0 aliphatic rings. The summed E-state index contributed by atoms with van der Waals surface area (Å²) in [5.74, 6) is 1.25. The number of ether oxygens (including phenoxy) is 1. The molecule has 28 heavy (non-hydrogen) atoms. The Hall–Kier alpha value is -1.97. The number of halogens is 1. The molecule has 4 heteroatoms. The zero-order valence-corrected chi connectivity index (χ0v) is 18.6. The van der Waals surface area contributed by atoms with Crippen LogP contribution in [0.4, 0.5) is 0 Å². The Balaban J connectivity index is 0.00000392. The second kappa shape index (κ2) is 11.8. The number of methoxy groups -OCH3 is 1. The maximum atomic E-state index is 10.3. The molecular weight excluding hydrogens is 370 g/mol. The third-order valence-electron chi connectivity index (χ3n) is 5.23. The lowest BCUT2D eigenvalue weighted by Gasteiger charge is -2.20. The third kappa shape index (κ3) is 5.76. The predicted octanol–water partition coefficient (Wildman–Crippen LogP) is 6.40. The zero-order valence-electron chi connectivity index (χ0n) is 17.8. The van der Waals surface area contributed by atoms with Gasteiger partial charge in [-0.15, -0.1) is 12.4 Å². The Morgan fingerprint density at radius 2 is 1.39 bits per heavy atom. The number of nitrogens with zero attached hydrogens (tertiary/aromatic N) is 1. The number of phenols is 1. The van der Waals surface area contributed by atoms with Crippen molar-refractivity contribution in [3.63, 3.8) is 0 Å². The summed E-state index contributed by atoms with van der Waals surface area (Å²) in [4.78, 5) is 2.32. The first kappa shape index (κ1) is 24.1. The topological polar surface area (TPSA) is 32.7 Å². The Labute approximate surface area is 176 Å². The van der Waals surface area contributed by atoms with E-state index in [2.05, 4.69) is 50.8 Å². The molecule has 1 N–H and O–H groups in total. The highest BCUT2D eigenvalue weighted by atomic mass is 35.5. The van der Waals surface area contributed by atoms with Crippen LogP contribution in [0, 0.1) is 0 Å². The Bertz CT molecular complexity index is 765. The molecule has 0 saturated heterocycles. The van der Waals surface area contributed by atoms with Crippen LogP contribution < -0.4 is 4.74 Å². The summed E-state index contributed by atoms with van der Waals surface area (Å²) >= 11 is 0. The van der Waals surface area contributed by atoms with Gasteiger partial charge < -0.3 is 9.84 Å². The molecule has 0 atom stereocenters. The number of allylic oxidation sites excluding steroid dienone is 2. The van der Waals surface area contributed by atoms with Crippen molar-refractivity contribution in [3.8, 4) is 11.5 Å². The first-order valence-corrected chi connectivity index (χ1v) is 9.98. The molecule has 0 saturated carbocycles. The van der Waals surface area contributed by atoms with Gasteiger partial charge in [-0.05, 0) is 72.5 Å². The molecule has 0 aliphatic heterocycles. The van der Waals surface area contributed by atoms with Gasteiger partial charge in [0.1, 0.15) is 11.5 Å². The minimum absolute atomic E-state index is 0. The van der Waals surface area contributed by atoms with Gasteiger partial charge in [-0.1, -0.05) is 45.9 Å². The first-order valence-electron chi connectivity index (χ1n) is 9.98. The summed E-state index contributed by atoms with van der Waals surface area (Å²) in [6.07, 6.45) is 1.91.